The van der Waals surface area contributed by atoms with Crippen molar-refractivity contribution in [1.29, 1.82) is 0 Å². The summed E-state index contributed by atoms with van der Waals surface area (Å²) in [5, 5.41) is 0.540. The number of Topliss-reactive ketones (excluding diaryl/α,β-unsaturated/α-hetero) is 1. The molecule has 2 aliphatic rings. The summed E-state index contributed by atoms with van der Waals surface area (Å²) in [4.78, 5) is 28.4. The highest BCUT2D eigenvalue weighted by Gasteiger charge is 2.36. The molecule has 1 amide bonds. The van der Waals surface area contributed by atoms with Crippen LogP contribution < -0.4 is 14.4 Å². The maximum absolute atomic E-state index is 13.7. The van der Waals surface area contributed by atoms with E-state index in [-0.39, 0.29) is 41.6 Å². The lowest BCUT2D eigenvalue weighted by Gasteiger charge is -2.38. The summed E-state index contributed by atoms with van der Waals surface area (Å²) >= 11 is 6.17. The average molecular weight is 570 g/mol. The molecule has 2 aliphatic heterocycles. The molecule has 0 radical (unpaired) electrons. The minimum absolute atomic E-state index is 0.0241. The van der Waals surface area contributed by atoms with Crippen LogP contribution in [0.3, 0.4) is 0 Å². The van der Waals surface area contributed by atoms with Gasteiger partial charge in [-0.25, -0.2) is 0 Å². The number of nitrogens with zero attached hydrogens (tertiary/aromatic N) is 1. The van der Waals surface area contributed by atoms with Gasteiger partial charge in [0.15, 0.2) is 17.3 Å². The molecule has 1 saturated heterocycles. The Morgan fingerprint density at radius 2 is 1.62 bits per heavy atom. The molecule has 3 aromatic carbocycles. The molecule has 0 N–H and O–H groups in total. The summed E-state index contributed by atoms with van der Waals surface area (Å²) < 4.78 is 42.4. The summed E-state index contributed by atoms with van der Waals surface area (Å²) in [6, 6.07) is 16.7. The molecule has 6 nitrogen and oxygen atoms in total. The van der Waals surface area contributed by atoms with Crippen LogP contribution in [0.5, 0.6) is 11.5 Å². The fraction of sp³-hybridized carbons (Fsp3) is 0.355. The zero-order valence-corrected chi connectivity index (χ0v) is 23.0. The molecule has 9 heteroatoms. The first-order valence-electron chi connectivity index (χ1n) is 13.3. The second-order valence-electron chi connectivity index (χ2n) is 10.2. The van der Waals surface area contributed by atoms with Crippen molar-refractivity contribution in [3.05, 3.63) is 87.9 Å². The van der Waals surface area contributed by atoms with Crippen LogP contribution in [0.15, 0.2) is 60.7 Å². The monoisotopic (exact) mass is 569 g/mol. The number of alkyl halides is 2. The van der Waals surface area contributed by atoms with Gasteiger partial charge in [-0.3, -0.25) is 9.59 Å². The van der Waals surface area contributed by atoms with E-state index in [9.17, 15) is 18.4 Å². The standard InChI is InChI=1S/C31H30ClF2NO5/c1-18(2)39-27-17-25-22(15-26(27)40-31(33)34)16-28(36)35(29(25)19-3-7-23(32)8-4-19)24-9-5-20(6-10-24)30(37)21-11-13-38-14-12-21/h3-10,15,17-18,21,29,31H,11-14,16H2,1-2H3. The van der Waals surface area contributed by atoms with E-state index in [2.05, 4.69) is 0 Å². The molecule has 2 heterocycles. The van der Waals surface area contributed by atoms with Crippen LogP contribution in [-0.2, 0) is 16.0 Å². The van der Waals surface area contributed by atoms with E-state index in [4.69, 9.17) is 25.8 Å². The molecule has 0 spiro atoms. The van der Waals surface area contributed by atoms with Crippen molar-refractivity contribution in [2.24, 2.45) is 5.92 Å². The maximum atomic E-state index is 13.7. The Hall–Kier alpha value is -3.49. The van der Waals surface area contributed by atoms with Crippen LogP contribution in [0.4, 0.5) is 14.5 Å². The number of fused-ring (bicyclic) bond motifs is 1. The molecule has 1 unspecified atom stereocenters. The van der Waals surface area contributed by atoms with Crippen molar-refractivity contribution >= 4 is 29.0 Å². The predicted molar refractivity (Wildman–Crippen MR) is 148 cm³/mol. The van der Waals surface area contributed by atoms with E-state index >= 15 is 0 Å². The number of hydrogen-bond acceptors (Lipinski definition) is 5. The van der Waals surface area contributed by atoms with Crippen molar-refractivity contribution in [3.8, 4) is 11.5 Å². The molecule has 0 bridgehead atoms. The molecule has 210 valence electrons. The molecule has 5 rings (SSSR count). The Morgan fingerprint density at radius 1 is 0.975 bits per heavy atom. The van der Waals surface area contributed by atoms with Gasteiger partial charge in [-0.2, -0.15) is 8.78 Å². The first-order chi connectivity index (χ1) is 19.2. The first kappa shape index (κ1) is 28.1. The lowest BCUT2D eigenvalue weighted by molar-refractivity contribution is -0.118. The molecular formula is C31H30ClF2NO5. The smallest absolute Gasteiger partial charge is 0.387 e. The summed E-state index contributed by atoms with van der Waals surface area (Å²) in [5.41, 5.74) is 3.27. The molecule has 0 saturated carbocycles. The van der Waals surface area contributed by atoms with Crippen LogP contribution in [0.25, 0.3) is 0 Å². The van der Waals surface area contributed by atoms with E-state index in [1.165, 1.54) is 6.07 Å². The fourth-order valence-corrected chi connectivity index (χ4v) is 5.47. The number of halogens is 3. The summed E-state index contributed by atoms with van der Waals surface area (Å²) in [5.74, 6) is -0.180. The first-order valence-corrected chi connectivity index (χ1v) is 13.7. The number of anilines is 1. The van der Waals surface area contributed by atoms with Crippen molar-refractivity contribution in [3.63, 3.8) is 0 Å². The van der Waals surface area contributed by atoms with Crippen molar-refractivity contribution in [2.45, 2.75) is 51.9 Å². The molecule has 0 aliphatic carbocycles. The lowest BCUT2D eigenvalue weighted by Crippen LogP contribution is -2.41. The molecule has 40 heavy (non-hydrogen) atoms. The SMILES string of the molecule is CC(C)Oc1cc2c(cc1OC(F)F)CC(=O)N(c1ccc(C(=O)C3CCOCC3)cc1)C2c1ccc(Cl)cc1. The van der Waals surface area contributed by atoms with Crippen LogP contribution in [-0.4, -0.2) is 37.6 Å². The predicted octanol–water partition coefficient (Wildman–Crippen LogP) is 7.02. The Balaban J connectivity index is 1.57. The minimum atomic E-state index is -3.04. The van der Waals surface area contributed by atoms with Gasteiger partial charge in [-0.1, -0.05) is 23.7 Å². The molecule has 1 fully saturated rings. The highest BCUT2D eigenvalue weighted by atomic mass is 35.5. The van der Waals surface area contributed by atoms with Crippen LogP contribution in [0.2, 0.25) is 5.02 Å². The number of rotatable bonds is 8. The van der Waals surface area contributed by atoms with E-state index in [0.717, 1.165) is 11.1 Å². The zero-order chi connectivity index (χ0) is 28.4. The quantitative estimate of drug-likeness (QED) is 0.273. The lowest BCUT2D eigenvalue weighted by atomic mass is 9.86. The van der Waals surface area contributed by atoms with E-state index in [0.29, 0.717) is 47.9 Å². The van der Waals surface area contributed by atoms with Crippen LogP contribution in [0.1, 0.15) is 59.8 Å². The highest BCUT2D eigenvalue weighted by Crippen LogP contribution is 2.44. The second kappa shape index (κ2) is 11.9. The molecule has 1 atom stereocenters. The van der Waals surface area contributed by atoms with Crippen molar-refractivity contribution in [1.82, 2.24) is 0 Å². The van der Waals surface area contributed by atoms with E-state index in [1.54, 1.807) is 61.2 Å². The Bertz CT molecular complexity index is 1370. The fourth-order valence-electron chi connectivity index (χ4n) is 5.34. The number of ketones is 1. The van der Waals surface area contributed by atoms with Crippen molar-refractivity contribution < 1.29 is 32.6 Å². The summed E-state index contributed by atoms with van der Waals surface area (Å²) in [7, 11) is 0. The van der Waals surface area contributed by atoms with Gasteiger partial charge in [0.2, 0.25) is 5.91 Å². The minimum Gasteiger partial charge on any atom is -0.487 e. The molecule has 3 aromatic rings. The Kier molecular flexibility index (Phi) is 8.38. The highest BCUT2D eigenvalue weighted by molar-refractivity contribution is 6.30. The van der Waals surface area contributed by atoms with Gasteiger partial charge in [-0.05, 0) is 91.9 Å². The normalized spacial score (nSPS) is 17.7. The van der Waals surface area contributed by atoms with E-state index < -0.39 is 12.7 Å². The van der Waals surface area contributed by atoms with Crippen LogP contribution >= 0.6 is 11.6 Å². The largest absolute Gasteiger partial charge is 0.487 e. The van der Waals surface area contributed by atoms with Gasteiger partial charge >= 0.3 is 6.61 Å². The molecular weight excluding hydrogens is 540 g/mol. The number of carbonyl (C=O) groups excluding carboxylic acids is 2. The third-order valence-electron chi connectivity index (χ3n) is 7.16. The van der Waals surface area contributed by atoms with Gasteiger partial charge in [0, 0.05) is 35.4 Å². The van der Waals surface area contributed by atoms with Gasteiger partial charge in [0.05, 0.1) is 18.6 Å². The van der Waals surface area contributed by atoms with E-state index in [1.807, 2.05) is 12.1 Å². The van der Waals surface area contributed by atoms with Gasteiger partial charge in [0.1, 0.15) is 0 Å². The second-order valence-corrected chi connectivity index (χ2v) is 10.7. The van der Waals surface area contributed by atoms with Gasteiger partial charge in [-0.15, -0.1) is 0 Å². The summed E-state index contributed by atoms with van der Waals surface area (Å²) in [6.07, 6.45) is 1.07. The number of amides is 1. The number of carbonyl (C=O) groups is 2. The number of ether oxygens (including phenoxy) is 3. The van der Waals surface area contributed by atoms with Gasteiger partial charge < -0.3 is 19.1 Å². The topological polar surface area (TPSA) is 65.1 Å². The zero-order valence-electron chi connectivity index (χ0n) is 22.2. The number of benzene rings is 3. The Morgan fingerprint density at radius 3 is 2.25 bits per heavy atom. The van der Waals surface area contributed by atoms with Crippen molar-refractivity contribution in [2.75, 3.05) is 18.1 Å². The van der Waals surface area contributed by atoms with Gasteiger partial charge in [0.25, 0.3) is 0 Å². The molecule has 0 aromatic heterocycles. The summed E-state index contributed by atoms with van der Waals surface area (Å²) in [6.45, 7) is 1.69. The average Bonchev–Trinajstić information content (AvgIpc) is 2.93. The van der Waals surface area contributed by atoms with Crippen LogP contribution in [0, 0.1) is 5.92 Å². The number of hydrogen-bond donors (Lipinski definition) is 0. The maximum Gasteiger partial charge on any atom is 0.387 e. The Labute approximate surface area is 236 Å². The third-order valence-corrected chi connectivity index (χ3v) is 7.41. The third kappa shape index (κ3) is 5.98.